The maximum atomic E-state index is 14.9. The van der Waals surface area contributed by atoms with Gasteiger partial charge in [0.1, 0.15) is 19.1 Å². The van der Waals surface area contributed by atoms with E-state index < -0.39 is 17.9 Å². The number of aliphatic carboxylic acids is 3. The van der Waals surface area contributed by atoms with E-state index in [2.05, 4.69) is 76.3 Å². The number of aryl methyl sites for hydroxylation is 3. The van der Waals surface area contributed by atoms with Crippen LogP contribution in [0.25, 0.3) is 11.7 Å². The number of likely N-dealkylation sites (tertiary alicyclic amines) is 1. The van der Waals surface area contributed by atoms with E-state index in [0.717, 1.165) is 146 Å². The van der Waals surface area contributed by atoms with Crippen LogP contribution in [0.1, 0.15) is 105 Å². The molecule has 8 aliphatic rings. The number of benzene rings is 1. The molecule has 4 saturated heterocycles. The van der Waals surface area contributed by atoms with Crippen LogP contribution in [0.2, 0.25) is 0 Å². The fourth-order valence-electron chi connectivity index (χ4n) is 15.9. The summed E-state index contributed by atoms with van der Waals surface area (Å²) in [4.78, 5) is 96.5. The van der Waals surface area contributed by atoms with Gasteiger partial charge >= 0.3 is 23.8 Å². The van der Waals surface area contributed by atoms with Crippen LogP contribution in [0, 0.1) is 30.6 Å². The number of piperazine rings is 1. The Labute approximate surface area is 542 Å². The predicted octanol–water partition coefficient (Wildman–Crippen LogP) is 3.24. The van der Waals surface area contributed by atoms with Crippen molar-refractivity contribution in [3.05, 3.63) is 70.2 Å². The average Bonchev–Trinajstić information content (AvgIpc) is 1.19. The van der Waals surface area contributed by atoms with Crippen molar-refractivity contribution in [2.24, 2.45) is 16.7 Å². The molecule has 3 aromatic rings. The molecule has 1 aromatic carbocycles. The van der Waals surface area contributed by atoms with Crippen molar-refractivity contribution >= 4 is 47.4 Å². The van der Waals surface area contributed by atoms with Gasteiger partial charge in [-0.3, -0.25) is 48.5 Å². The molecule has 92 heavy (non-hydrogen) atoms. The van der Waals surface area contributed by atoms with Gasteiger partial charge in [0.2, 0.25) is 11.8 Å². The maximum absolute atomic E-state index is 14.9. The molecule has 8 fully saturated rings. The molecule has 2 bridgehead atoms. The Hall–Kier alpha value is -5.80. The smallest absolute Gasteiger partial charge is 0.336 e. The molecular weight excluding hydrogens is 1180 g/mol. The van der Waals surface area contributed by atoms with Crippen molar-refractivity contribution in [1.29, 1.82) is 0 Å². The van der Waals surface area contributed by atoms with Gasteiger partial charge in [0.05, 0.1) is 76.9 Å². The Kier molecular flexibility index (Phi) is 24.1. The third-order valence-electron chi connectivity index (χ3n) is 20.7. The van der Waals surface area contributed by atoms with E-state index in [1.54, 1.807) is 14.7 Å². The quantitative estimate of drug-likeness (QED) is 0.0398. The molecule has 506 valence electrons. The minimum absolute atomic E-state index is 0.0523. The first-order chi connectivity index (χ1) is 44.4. The highest BCUT2D eigenvalue weighted by Crippen LogP contribution is 2.74. The molecule has 3 amide bonds. The summed E-state index contributed by atoms with van der Waals surface area (Å²) in [7, 11) is 0. The number of fused-ring (bicyclic) bond motifs is 2. The van der Waals surface area contributed by atoms with E-state index in [9.17, 15) is 44.1 Å². The lowest BCUT2D eigenvalue weighted by atomic mass is 9.34. The van der Waals surface area contributed by atoms with Gasteiger partial charge in [-0.05, 0) is 93.7 Å². The zero-order valence-electron chi connectivity index (χ0n) is 55.0. The fraction of sp³-hybridized carbons (Fsp3) is 0.706. The predicted molar refractivity (Wildman–Crippen MR) is 346 cm³/mol. The first-order valence-electron chi connectivity index (χ1n) is 34.2. The van der Waals surface area contributed by atoms with Crippen LogP contribution in [0.5, 0.6) is 0 Å². The van der Waals surface area contributed by atoms with Crippen LogP contribution in [-0.4, -0.2) is 300 Å². The van der Waals surface area contributed by atoms with Gasteiger partial charge in [-0.2, -0.15) is 5.10 Å². The number of hydrogen-bond acceptors (Lipinski definition) is 17. The van der Waals surface area contributed by atoms with E-state index in [4.69, 9.17) is 24.3 Å². The molecule has 4 saturated carbocycles. The number of nitrogens with zero attached hydrogens (tertiary/aromatic N) is 11. The van der Waals surface area contributed by atoms with Crippen molar-refractivity contribution in [2.75, 3.05) is 184 Å². The largest absolute Gasteiger partial charge is 0.480 e. The highest BCUT2D eigenvalue weighted by Gasteiger charge is 2.73. The Morgan fingerprint density at radius 2 is 1.23 bits per heavy atom. The summed E-state index contributed by atoms with van der Waals surface area (Å²) in [6.45, 7) is 19.9. The van der Waals surface area contributed by atoms with Gasteiger partial charge < -0.3 is 44.6 Å². The van der Waals surface area contributed by atoms with Crippen LogP contribution < -0.4 is 5.32 Å². The summed E-state index contributed by atoms with van der Waals surface area (Å²) in [5, 5.41) is 36.2. The zero-order valence-corrected chi connectivity index (χ0v) is 55.0. The molecule has 24 nitrogen and oxygen atoms in total. The average molecular weight is 1280 g/mol. The molecular formula is C68H103N12O12+. The molecule has 4 N–H and O–H groups in total. The van der Waals surface area contributed by atoms with Crippen molar-refractivity contribution in [3.63, 3.8) is 0 Å². The SMILES string of the molecule is CCc1nn2c(C)cc(C)nc2c1Cc1ccc(/C=C/CN2CCN(CC34CC(C(=O)N5C6CCCCC6C[C@H]5C(=O)[N+]5(CCCOCCOCCOCCCNC(=O)CN6CCN(CC(=O)O)CCN(CC(=O)O)CCN(CC(=O)O)CC6)CC5)(C3)C4)CC2)cc1. The Balaban J connectivity index is 0.575. The monoisotopic (exact) mass is 1280 g/mol. The van der Waals surface area contributed by atoms with Crippen molar-refractivity contribution < 1.29 is 62.8 Å². The van der Waals surface area contributed by atoms with Gasteiger partial charge in [0.15, 0.2) is 5.65 Å². The highest BCUT2D eigenvalue weighted by atomic mass is 16.5. The fourth-order valence-corrected chi connectivity index (χ4v) is 15.9. The first-order valence-corrected chi connectivity index (χ1v) is 34.2. The third kappa shape index (κ3) is 18.2. The van der Waals surface area contributed by atoms with E-state index in [1.165, 1.54) is 23.1 Å². The number of carboxylic acid groups (broad SMARTS) is 3. The number of aromatic nitrogens is 3. The highest BCUT2D eigenvalue weighted by molar-refractivity contribution is 5.92. The second-order valence-corrected chi connectivity index (χ2v) is 27.7. The van der Waals surface area contributed by atoms with Crippen molar-refractivity contribution in [1.82, 2.24) is 54.2 Å². The lowest BCUT2D eigenvalue weighted by Gasteiger charge is -2.71. The summed E-state index contributed by atoms with van der Waals surface area (Å²) < 4.78 is 19.9. The van der Waals surface area contributed by atoms with Gasteiger partial charge in [0.25, 0.3) is 0 Å². The maximum Gasteiger partial charge on any atom is 0.336 e. The number of amides is 3. The molecule has 4 aliphatic carbocycles. The standard InChI is InChI=1S/C68H102N12O12/c1-4-57-56(64-70-51(2)40-52(3)79(64)71-57)41-54-15-13-53(14-16-54)10-7-18-72-19-29-77(30-20-72)50-67-47-68(48-67,49-67)66(89)78-58-12-6-5-11-55(58)42-59(78)65(88)80(32-33-80)31-9-35-91-37-39-92-38-36-90-34-8-17-69-60(81)43-73-21-23-74(44-61(82)83)25-27-76(46-63(86)87)28-26-75(24-22-73)45-62(84)85/h7,10,13-16,40,55,58-59H,4-6,8-9,11-12,17-39,41-50H2,1-3H3,(H3-,69,81,82,83,84,85,86,87)/p+1/b10-7+/t55?,58?,59-,67?,68?/m0/s1. The Morgan fingerprint density at radius 1 is 0.685 bits per heavy atom. The topological polar surface area (TPSA) is 256 Å². The minimum Gasteiger partial charge on any atom is -0.480 e. The zero-order chi connectivity index (χ0) is 64.8. The molecule has 0 radical (unpaired) electrons. The Morgan fingerprint density at radius 3 is 1.80 bits per heavy atom. The third-order valence-corrected chi connectivity index (χ3v) is 20.7. The lowest BCUT2D eigenvalue weighted by molar-refractivity contribution is -0.721. The normalized spacial score (nSPS) is 25.2. The summed E-state index contributed by atoms with van der Waals surface area (Å²) in [5.41, 5.74) is 7.84. The van der Waals surface area contributed by atoms with Crippen LogP contribution in [-0.2, 0) is 55.8 Å². The minimum atomic E-state index is -1.02. The number of quaternary nitrogens is 1. The molecule has 0 spiro atoms. The van der Waals surface area contributed by atoms with E-state index in [0.29, 0.717) is 115 Å². The second-order valence-electron chi connectivity index (χ2n) is 27.7. The number of ether oxygens (including phenoxy) is 3. The summed E-state index contributed by atoms with van der Waals surface area (Å²) in [6, 6.07) is 10.9. The number of hydrogen-bond donors (Lipinski definition) is 4. The van der Waals surface area contributed by atoms with E-state index in [-0.39, 0.29) is 66.8 Å². The Bertz CT molecular complexity index is 2990. The summed E-state index contributed by atoms with van der Waals surface area (Å²) in [5.74, 6) is -2.27. The van der Waals surface area contributed by atoms with E-state index in [1.807, 2.05) is 16.3 Å². The van der Waals surface area contributed by atoms with Crippen molar-refractivity contribution in [2.45, 2.75) is 110 Å². The number of rotatable bonds is 32. The number of nitrogens with one attached hydrogen (secondary N) is 1. The molecule has 3 atom stereocenters. The molecule has 24 heteroatoms. The van der Waals surface area contributed by atoms with Crippen molar-refractivity contribution in [3.8, 4) is 0 Å². The van der Waals surface area contributed by atoms with Crippen LogP contribution in [0.3, 0.4) is 0 Å². The number of carbonyl (C=O) groups is 6. The molecule has 4 aliphatic heterocycles. The van der Waals surface area contributed by atoms with E-state index >= 15 is 0 Å². The lowest BCUT2D eigenvalue weighted by Crippen LogP contribution is -2.72. The van der Waals surface area contributed by atoms with Crippen LogP contribution in [0.4, 0.5) is 0 Å². The number of carboxylic acids is 3. The summed E-state index contributed by atoms with van der Waals surface area (Å²) >= 11 is 0. The molecule has 2 aromatic heterocycles. The van der Waals surface area contributed by atoms with Gasteiger partial charge in [-0.15, -0.1) is 0 Å². The van der Waals surface area contributed by atoms with Gasteiger partial charge in [0, 0.05) is 141 Å². The number of carbonyl (C=O) groups excluding carboxylic acids is 3. The molecule has 11 rings (SSSR count). The molecule has 2 unspecified atom stereocenters. The van der Waals surface area contributed by atoms with Gasteiger partial charge in [-0.1, -0.05) is 56.2 Å². The summed E-state index contributed by atoms with van der Waals surface area (Å²) in [6.07, 6.45) is 15.7. The van der Waals surface area contributed by atoms with Crippen LogP contribution >= 0.6 is 0 Å². The van der Waals surface area contributed by atoms with Gasteiger partial charge in [-0.25, -0.2) is 18.8 Å². The second kappa shape index (κ2) is 32.1. The molecule has 6 heterocycles. The first kappa shape index (κ1) is 69.0. The van der Waals surface area contributed by atoms with Crippen LogP contribution in [0.15, 0.2) is 36.4 Å².